The third-order valence-electron chi connectivity index (χ3n) is 3.64. The SMILES string of the molecule is CC[CH]CCC1CCC(C)CC1C. The second-order valence-corrected chi connectivity index (χ2v) is 4.93. The Morgan fingerprint density at radius 1 is 1.23 bits per heavy atom. The van der Waals surface area contributed by atoms with Crippen LogP contribution in [0.4, 0.5) is 0 Å². The molecular weight excluding hydrogens is 156 g/mol. The summed E-state index contributed by atoms with van der Waals surface area (Å²) in [5.41, 5.74) is 0. The van der Waals surface area contributed by atoms with E-state index in [4.69, 9.17) is 0 Å². The molecule has 0 nitrogen and oxygen atoms in total. The largest absolute Gasteiger partial charge is 0.0651 e. The van der Waals surface area contributed by atoms with Gasteiger partial charge in [0, 0.05) is 0 Å². The lowest BCUT2D eigenvalue weighted by Gasteiger charge is -2.32. The summed E-state index contributed by atoms with van der Waals surface area (Å²) in [7, 11) is 0. The van der Waals surface area contributed by atoms with E-state index in [0.29, 0.717) is 0 Å². The third-order valence-corrected chi connectivity index (χ3v) is 3.64. The molecule has 0 N–H and O–H groups in total. The molecule has 13 heavy (non-hydrogen) atoms. The van der Waals surface area contributed by atoms with Crippen molar-refractivity contribution in [2.45, 2.75) is 59.3 Å². The maximum atomic E-state index is 2.45. The van der Waals surface area contributed by atoms with Crippen LogP contribution in [-0.2, 0) is 0 Å². The van der Waals surface area contributed by atoms with Gasteiger partial charge in [-0.25, -0.2) is 0 Å². The van der Waals surface area contributed by atoms with E-state index in [9.17, 15) is 0 Å². The zero-order valence-corrected chi connectivity index (χ0v) is 9.55. The first-order valence-corrected chi connectivity index (χ1v) is 6.05. The van der Waals surface area contributed by atoms with Crippen LogP contribution in [0.2, 0.25) is 0 Å². The fraction of sp³-hybridized carbons (Fsp3) is 0.923. The molecule has 3 atom stereocenters. The Bertz CT molecular complexity index is 128. The van der Waals surface area contributed by atoms with Crippen molar-refractivity contribution in [3.05, 3.63) is 6.42 Å². The Morgan fingerprint density at radius 3 is 2.62 bits per heavy atom. The highest BCUT2D eigenvalue weighted by Crippen LogP contribution is 2.36. The van der Waals surface area contributed by atoms with Gasteiger partial charge in [-0.2, -0.15) is 0 Å². The van der Waals surface area contributed by atoms with E-state index in [1.807, 2.05) is 0 Å². The fourth-order valence-electron chi connectivity index (χ4n) is 2.69. The third kappa shape index (κ3) is 3.70. The van der Waals surface area contributed by atoms with Gasteiger partial charge >= 0.3 is 0 Å². The summed E-state index contributed by atoms with van der Waals surface area (Å²) in [6.07, 6.45) is 10.9. The van der Waals surface area contributed by atoms with E-state index >= 15 is 0 Å². The van der Waals surface area contributed by atoms with Crippen molar-refractivity contribution in [1.82, 2.24) is 0 Å². The molecule has 1 rings (SSSR count). The standard InChI is InChI=1S/C13H25/c1-4-5-6-7-13-9-8-11(2)10-12(13)3/h5,11-13H,4,6-10H2,1-3H3. The summed E-state index contributed by atoms with van der Waals surface area (Å²) in [6.45, 7) is 7.10. The normalized spacial score (nSPS) is 34.8. The van der Waals surface area contributed by atoms with E-state index in [-0.39, 0.29) is 0 Å². The predicted molar refractivity (Wildman–Crippen MR) is 59.5 cm³/mol. The molecule has 0 saturated heterocycles. The van der Waals surface area contributed by atoms with Crippen LogP contribution in [-0.4, -0.2) is 0 Å². The Labute approximate surface area is 84.1 Å². The number of hydrogen-bond donors (Lipinski definition) is 0. The molecule has 1 radical (unpaired) electrons. The van der Waals surface area contributed by atoms with Crippen molar-refractivity contribution >= 4 is 0 Å². The minimum Gasteiger partial charge on any atom is -0.0651 e. The summed E-state index contributed by atoms with van der Waals surface area (Å²) >= 11 is 0. The van der Waals surface area contributed by atoms with E-state index < -0.39 is 0 Å². The van der Waals surface area contributed by atoms with Crippen LogP contribution in [0, 0.1) is 24.2 Å². The summed E-state index contributed by atoms with van der Waals surface area (Å²) < 4.78 is 0. The van der Waals surface area contributed by atoms with Gasteiger partial charge in [0.25, 0.3) is 0 Å². The first-order valence-electron chi connectivity index (χ1n) is 6.05. The smallest absolute Gasteiger partial charge is 0.0388 e. The Morgan fingerprint density at radius 2 is 2.00 bits per heavy atom. The molecule has 0 aromatic heterocycles. The maximum Gasteiger partial charge on any atom is -0.0388 e. The minimum absolute atomic E-state index is 0.981. The topological polar surface area (TPSA) is 0 Å². The van der Waals surface area contributed by atoms with Gasteiger partial charge in [0.15, 0.2) is 0 Å². The van der Waals surface area contributed by atoms with Gasteiger partial charge < -0.3 is 0 Å². The van der Waals surface area contributed by atoms with Crippen molar-refractivity contribution in [1.29, 1.82) is 0 Å². The Balaban J connectivity index is 2.18. The minimum atomic E-state index is 0.981. The van der Waals surface area contributed by atoms with Gasteiger partial charge in [-0.15, -0.1) is 0 Å². The van der Waals surface area contributed by atoms with Crippen molar-refractivity contribution < 1.29 is 0 Å². The second kappa shape index (κ2) is 5.67. The van der Waals surface area contributed by atoms with E-state index in [1.54, 1.807) is 0 Å². The van der Waals surface area contributed by atoms with Crippen LogP contribution in [0.3, 0.4) is 0 Å². The molecule has 1 saturated carbocycles. The van der Waals surface area contributed by atoms with Crippen molar-refractivity contribution in [3.8, 4) is 0 Å². The number of hydrogen-bond acceptors (Lipinski definition) is 0. The zero-order chi connectivity index (χ0) is 9.68. The molecule has 3 unspecified atom stereocenters. The first-order chi connectivity index (χ1) is 6.24. The number of unbranched alkanes of at least 4 members (excludes halogenated alkanes) is 2. The number of rotatable bonds is 4. The molecule has 0 heteroatoms. The van der Waals surface area contributed by atoms with Crippen LogP contribution < -0.4 is 0 Å². The van der Waals surface area contributed by atoms with Gasteiger partial charge in [-0.1, -0.05) is 33.6 Å². The summed E-state index contributed by atoms with van der Waals surface area (Å²) in [4.78, 5) is 0. The predicted octanol–water partition coefficient (Wildman–Crippen LogP) is 4.45. The molecule has 77 valence electrons. The quantitative estimate of drug-likeness (QED) is 0.562. The van der Waals surface area contributed by atoms with Gasteiger partial charge in [0.2, 0.25) is 0 Å². The zero-order valence-electron chi connectivity index (χ0n) is 9.55. The van der Waals surface area contributed by atoms with Gasteiger partial charge in [0.1, 0.15) is 0 Å². The van der Waals surface area contributed by atoms with Crippen LogP contribution in [0.1, 0.15) is 59.3 Å². The van der Waals surface area contributed by atoms with E-state index in [1.165, 1.54) is 38.5 Å². The lowest BCUT2D eigenvalue weighted by atomic mass is 9.74. The van der Waals surface area contributed by atoms with E-state index in [2.05, 4.69) is 27.2 Å². The summed E-state index contributed by atoms with van der Waals surface area (Å²) in [6, 6.07) is 0. The highest BCUT2D eigenvalue weighted by atomic mass is 14.3. The Hall–Kier alpha value is 0. The Kier molecular flexibility index (Phi) is 4.83. The van der Waals surface area contributed by atoms with Crippen molar-refractivity contribution in [2.75, 3.05) is 0 Å². The molecule has 1 fully saturated rings. The van der Waals surface area contributed by atoms with Crippen LogP contribution in [0.25, 0.3) is 0 Å². The van der Waals surface area contributed by atoms with Gasteiger partial charge in [-0.3, -0.25) is 0 Å². The highest BCUT2D eigenvalue weighted by molar-refractivity contribution is 4.77. The van der Waals surface area contributed by atoms with Gasteiger partial charge in [-0.05, 0) is 49.9 Å². The van der Waals surface area contributed by atoms with Crippen LogP contribution >= 0.6 is 0 Å². The molecule has 1 aliphatic carbocycles. The van der Waals surface area contributed by atoms with Crippen LogP contribution in [0.5, 0.6) is 0 Å². The summed E-state index contributed by atoms with van der Waals surface area (Å²) in [5.74, 6) is 2.99. The highest BCUT2D eigenvalue weighted by Gasteiger charge is 2.24. The average molecular weight is 181 g/mol. The van der Waals surface area contributed by atoms with E-state index in [0.717, 1.165) is 17.8 Å². The molecule has 1 aliphatic rings. The molecule has 0 heterocycles. The summed E-state index contributed by atoms with van der Waals surface area (Å²) in [5, 5.41) is 0. The molecular formula is C13H25. The molecule has 0 aliphatic heterocycles. The maximum absolute atomic E-state index is 2.45. The average Bonchev–Trinajstić information content (AvgIpc) is 2.09. The van der Waals surface area contributed by atoms with Crippen LogP contribution in [0.15, 0.2) is 0 Å². The monoisotopic (exact) mass is 181 g/mol. The fourth-order valence-corrected chi connectivity index (χ4v) is 2.69. The first kappa shape index (κ1) is 11.1. The molecule has 0 aromatic rings. The van der Waals surface area contributed by atoms with Crippen molar-refractivity contribution in [2.24, 2.45) is 17.8 Å². The van der Waals surface area contributed by atoms with Crippen molar-refractivity contribution in [3.63, 3.8) is 0 Å². The molecule has 0 spiro atoms. The lowest BCUT2D eigenvalue weighted by molar-refractivity contribution is 0.194. The molecule has 0 aromatic carbocycles. The molecule has 0 amide bonds. The second-order valence-electron chi connectivity index (χ2n) is 4.93. The molecule has 0 bridgehead atoms. The van der Waals surface area contributed by atoms with Gasteiger partial charge in [0.05, 0.1) is 0 Å². The lowest BCUT2D eigenvalue weighted by Crippen LogP contribution is -2.21.